The Morgan fingerprint density at radius 1 is 1.40 bits per heavy atom. The van der Waals surface area contributed by atoms with Crippen LogP contribution in [0.15, 0.2) is 4.40 Å². The van der Waals surface area contributed by atoms with Crippen molar-refractivity contribution in [3.8, 4) is 0 Å². The highest BCUT2D eigenvalue weighted by atomic mass is 32.2. The van der Waals surface area contributed by atoms with Gasteiger partial charge in [-0.25, -0.2) is 8.42 Å². The molecule has 3 nitrogen and oxygen atoms in total. The van der Waals surface area contributed by atoms with Crippen LogP contribution >= 0.6 is 23.5 Å². The van der Waals surface area contributed by atoms with Gasteiger partial charge in [-0.15, -0.1) is 4.40 Å². The number of hydrogen-bond donors (Lipinski definition) is 0. The molecule has 6 heteroatoms. The van der Waals surface area contributed by atoms with Crippen LogP contribution < -0.4 is 0 Å². The van der Waals surface area contributed by atoms with Gasteiger partial charge in [-0.05, 0) is 0 Å². The quantitative estimate of drug-likeness (QED) is 0.623. The lowest BCUT2D eigenvalue weighted by atomic mass is 11.0. The second kappa shape index (κ2) is 3.15. The first kappa shape index (κ1) is 8.42. The topological polar surface area (TPSA) is 46.5 Å². The van der Waals surface area contributed by atoms with Gasteiger partial charge in [-0.1, -0.05) is 23.5 Å². The minimum absolute atomic E-state index is 0.683. The van der Waals surface area contributed by atoms with Gasteiger partial charge in [0.2, 0.25) is 0 Å². The van der Waals surface area contributed by atoms with E-state index < -0.39 is 10.0 Å². The fourth-order valence-electron chi connectivity index (χ4n) is 0.488. The maximum atomic E-state index is 10.6. The summed E-state index contributed by atoms with van der Waals surface area (Å²) >= 11 is 3.01. The van der Waals surface area contributed by atoms with Crippen molar-refractivity contribution in [1.82, 2.24) is 0 Å². The van der Waals surface area contributed by atoms with Crippen LogP contribution in [-0.2, 0) is 10.0 Å². The van der Waals surface area contributed by atoms with Gasteiger partial charge in [0.1, 0.15) is 4.38 Å². The van der Waals surface area contributed by atoms with Crippen LogP contribution in [-0.4, -0.2) is 30.6 Å². The molecule has 0 aromatic rings. The van der Waals surface area contributed by atoms with Gasteiger partial charge in [0, 0.05) is 11.5 Å². The van der Waals surface area contributed by atoms with E-state index in [0.29, 0.717) is 4.38 Å². The molecular formula is C4H7NO2S3. The van der Waals surface area contributed by atoms with Gasteiger partial charge in [0.25, 0.3) is 10.0 Å². The molecule has 0 aromatic carbocycles. The van der Waals surface area contributed by atoms with Gasteiger partial charge in [-0.2, -0.15) is 0 Å². The average Bonchev–Trinajstić information content (AvgIpc) is 2.12. The highest BCUT2D eigenvalue weighted by Gasteiger charge is 2.11. The summed E-state index contributed by atoms with van der Waals surface area (Å²) in [5.74, 6) is 1.94. The molecule has 0 spiro atoms. The zero-order valence-corrected chi connectivity index (χ0v) is 7.85. The second-order valence-electron chi connectivity index (χ2n) is 1.79. The number of thioether (sulfide) groups is 2. The number of nitrogens with zero attached hydrogens (tertiary/aromatic N) is 1. The lowest BCUT2D eigenvalue weighted by Gasteiger charge is -1.89. The van der Waals surface area contributed by atoms with E-state index in [1.165, 1.54) is 23.5 Å². The van der Waals surface area contributed by atoms with Crippen LogP contribution in [0.1, 0.15) is 0 Å². The molecule has 1 fully saturated rings. The number of hydrogen-bond acceptors (Lipinski definition) is 4. The Balaban J connectivity index is 2.72. The molecule has 0 N–H and O–H groups in total. The lowest BCUT2D eigenvalue weighted by Crippen LogP contribution is -1.92. The van der Waals surface area contributed by atoms with Crippen molar-refractivity contribution in [2.45, 2.75) is 0 Å². The third-order valence-electron chi connectivity index (χ3n) is 0.775. The van der Waals surface area contributed by atoms with Gasteiger partial charge >= 0.3 is 0 Å². The molecule has 1 aliphatic heterocycles. The molecule has 1 saturated heterocycles. The van der Waals surface area contributed by atoms with Gasteiger partial charge in [0.15, 0.2) is 0 Å². The maximum absolute atomic E-state index is 10.6. The minimum atomic E-state index is -3.16. The van der Waals surface area contributed by atoms with E-state index in [-0.39, 0.29) is 0 Å². The zero-order valence-electron chi connectivity index (χ0n) is 5.40. The molecule has 0 saturated carbocycles. The summed E-state index contributed by atoms with van der Waals surface area (Å²) in [7, 11) is -3.16. The summed E-state index contributed by atoms with van der Waals surface area (Å²) < 4.78 is 25.4. The largest absolute Gasteiger partial charge is 0.251 e. The second-order valence-corrected chi connectivity index (χ2v) is 5.86. The van der Waals surface area contributed by atoms with Crippen LogP contribution in [0, 0.1) is 0 Å². The molecule has 0 bridgehead atoms. The van der Waals surface area contributed by atoms with Crippen molar-refractivity contribution < 1.29 is 8.42 Å². The summed E-state index contributed by atoms with van der Waals surface area (Å²) in [6.07, 6.45) is 1.11. The maximum Gasteiger partial charge on any atom is 0.251 e. The monoisotopic (exact) mass is 197 g/mol. The summed E-state index contributed by atoms with van der Waals surface area (Å²) in [6.45, 7) is 0. The molecule has 0 unspecified atom stereocenters. The Hall–Kier alpha value is 0.320. The van der Waals surface area contributed by atoms with E-state index in [9.17, 15) is 8.42 Å². The predicted octanol–water partition coefficient (Wildman–Crippen LogP) is 0.782. The smallest absolute Gasteiger partial charge is 0.205 e. The third kappa shape index (κ3) is 2.94. The Morgan fingerprint density at radius 3 is 2.30 bits per heavy atom. The predicted molar refractivity (Wildman–Crippen MR) is 47.2 cm³/mol. The molecule has 10 heavy (non-hydrogen) atoms. The molecule has 0 atom stereocenters. The molecule has 1 aliphatic rings. The molecule has 0 aliphatic carbocycles. The first-order valence-electron chi connectivity index (χ1n) is 2.63. The number of sulfonamides is 1. The highest BCUT2D eigenvalue weighted by molar-refractivity contribution is 8.41. The molecule has 0 radical (unpaired) electrons. The molecule has 1 rings (SSSR count). The lowest BCUT2D eigenvalue weighted by molar-refractivity contribution is 0.604. The highest BCUT2D eigenvalue weighted by Crippen LogP contribution is 2.26. The summed E-state index contributed by atoms with van der Waals surface area (Å²) in [4.78, 5) is 0. The SMILES string of the molecule is CS(=O)(=O)N=C1SCCS1. The van der Waals surface area contributed by atoms with Gasteiger partial charge in [-0.3, -0.25) is 0 Å². The van der Waals surface area contributed by atoms with E-state index in [0.717, 1.165) is 17.8 Å². The Kier molecular flexibility index (Phi) is 2.65. The van der Waals surface area contributed by atoms with E-state index in [1.807, 2.05) is 0 Å². The van der Waals surface area contributed by atoms with Crippen LogP contribution in [0.5, 0.6) is 0 Å². The third-order valence-corrected chi connectivity index (χ3v) is 3.98. The van der Waals surface area contributed by atoms with Crippen molar-refractivity contribution in [3.05, 3.63) is 0 Å². The first-order chi connectivity index (χ1) is 4.58. The molecule has 58 valence electrons. The van der Waals surface area contributed by atoms with Crippen molar-refractivity contribution >= 4 is 37.9 Å². The molecular weight excluding hydrogens is 190 g/mol. The fourth-order valence-corrected chi connectivity index (χ4v) is 3.84. The Labute approximate surface area is 68.7 Å². The van der Waals surface area contributed by atoms with E-state index >= 15 is 0 Å². The molecule has 0 amide bonds. The van der Waals surface area contributed by atoms with Gasteiger partial charge in [0.05, 0.1) is 6.26 Å². The van der Waals surface area contributed by atoms with Crippen molar-refractivity contribution in [3.63, 3.8) is 0 Å². The van der Waals surface area contributed by atoms with Crippen LogP contribution in [0.2, 0.25) is 0 Å². The fraction of sp³-hybridized carbons (Fsp3) is 0.750. The summed E-state index contributed by atoms with van der Waals surface area (Å²) in [5, 5.41) is 0. The zero-order chi connectivity index (χ0) is 7.61. The van der Waals surface area contributed by atoms with E-state index in [4.69, 9.17) is 0 Å². The Bertz CT molecular complexity index is 235. The van der Waals surface area contributed by atoms with Crippen molar-refractivity contribution in [2.24, 2.45) is 4.40 Å². The van der Waals surface area contributed by atoms with E-state index in [2.05, 4.69) is 4.40 Å². The standard InChI is InChI=1S/C4H7NO2S3/c1-10(6,7)5-4-8-2-3-9-4/h2-3H2,1H3. The first-order valence-corrected chi connectivity index (χ1v) is 6.45. The summed E-state index contributed by atoms with van der Waals surface area (Å²) in [5.41, 5.74) is 0. The summed E-state index contributed by atoms with van der Waals surface area (Å²) in [6, 6.07) is 0. The van der Waals surface area contributed by atoms with Gasteiger partial charge < -0.3 is 0 Å². The molecule has 1 heterocycles. The average molecular weight is 197 g/mol. The Morgan fingerprint density at radius 2 is 1.90 bits per heavy atom. The normalized spacial score (nSPS) is 19.5. The molecule has 0 aromatic heterocycles. The number of rotatable bonds is 1. The van der Waals surface area contributed by atoms with Crippen molar-refractivity contribution in [1.29, 1.82) is 0 Å². The van der Waals surface area contributed by atoms with Crippen LogP contribution in [0.3, 0.4) is 0 Å². The van der Waals surface area contributed by atoms with Crippen molar-refractivity contribution in [2.75, 3.05) is 17.8 Å². The van der Waals surface area contributed by atoms with Crippen LogP contribution in [0.25, 0.3) is 0 Å². The van der Waals surface area contributed by atoms with E-state index in [1.54, 1.807) is 0 Å². The van der Waals surface area contributed by atoms with Crippen LogP contribution in [0.4, 0.5) is 0 Å². The minimum Gasteiger partial charge on any atom is -0.205 e.